The predicted octanol–water partition coefficient (Wildman–Crippen LogP) is 5.19. The molecule has 1 fully saturated rings. The summed E-state index contributed by atoms with van der Waals surface area (Å²) in [5.74, 6) is 0.323. The van der Waals surface area contributed by atoms with Gasteiger partial charge in [0.05, 0.1) is 24.7 Å². The highest BCUT2D eigenvalue weighted by Crippen LogP contribution is 2.24. The molecule has 11 nitrogen and oxygen atoms in total. The molecule has 0 spiro atoms. The van der Waals surface area contributed by atoms with Gasteiger partial charge >= 0.3 is 12.0 Å². The molecule has 0 heterocycles. The molecule has 3 amide bonds. The van der Waals surface area contributed by atoms with Crippen molar-refractivity contribution in [3.63, 3.8) is 0 Å². The Bertz CT molecular complexity index is 1720. The highest BCUT2D eigenvalue weighted by Gasteiger charge is 2.26. The summed E-state index contributed by atoms with van der Waals surface area (Å²) in [7, 11) is -1.06. The standard InChI is InChI=1S/C34H38ClN3O8S/c1-22-4-5-24(20-31(22)45-3)8-17-32(39)46-27-12-10-26(11-13-27)37-34(41)38-47(42,43)28-14-6-23(7-15-28)18-19-36-33(40)29-21-25(35)9-16-30(29)44-2/h4-9,14-17,20-21,26-27H,10-13,18-19H2,1-3H3,(H,36,40)(H2,37,38,41)/b17-8+/t26-,27-. The zero-order valence-corrected chi connectivity index (χ0v) is 28.0. The van der Waals surface area contributed by atoms with Gasteiger partial charge in [-0.05, 0) is 98.2 Å². The molecule has 3 aromatic rings. The van der Waals surface area contributed by atoms with Gasteiger partial charge in [-0.1, -0.05) is 35.9 Å². The number of esters is 1. The van der Waals surface area contributed by atoms with E-state index in [0.29, 0.717) is 55.0 Å². The van der Waals surface area contributed by atoms with Gasteiger partial charge in [0.2, 0.25) is 0 Å². The number of hydrogen-bond acceptors (Lipinski definition) is 8. The second-order valence-corrected chi connectivity index (χ2v) is 13.2. The Morgan fingerprint density at radius 3 is 2.30 bits per heavy atom. The Kier molecular flexibility index (Phi) is 12.3. The smallest absolute Gasteiger partial charge is 0.331 e. The molecule has 1 aliphatic carbocycles. The number of carbonyl (C=O) groups excluding carboxylic acids is 3. The molecule has 0 radical (unpaired) electrons. The third-order valence-electron chi connectivity index (χ3n) is 7.70. The van der Waals surface area contributed by atoms with E-state index in [9.17, 15) is 22.8 Å². The van der Waals surface area contributed by atoms with Crippen molar-refractivity contribution < 1.29 is 37.0 Å². The number of urea groups is 1. The maximum Gasteiger partial charge on any atom is 0.331 e. The fourth-order valence-corrected chi connectivity index (χ4v) is 6.22. The fourth-order valence-electron chi connectivity index (χ4n) is 5.14. The molecule has 0 unspecified atom stereocenters. The molecule has 0 aromatic heterocycles. The lowest BCUT2D eigenvalue weighted by molar-refractivity contribution is -0.144. The molecule has 13 heteroatoms. The van der Waals surface area contributed by atoms with Crippen LogP contribution in [-0.2, 0) is 26.0 Å². The van der Waals surface area contributed by atoms with E-state index in [1.165, 1.54) is 31.4 Å². The van der Waals surface area contributed by atoms with Gasteiger partial charge in [0, 0.05) is 23.7 Å². The maximum atomic E-state index is 12.8. The lowest BCUT2D eigenvalue weighted by Gasteiger charge is -2.28. The van der Waals surface area contributed by atoms with Crippen molar-refractivity contribution in [2.75, 3.05) is 20.8 Å². The Labute approximate surface area is 279 Å². The van der Waals surface area contributed by atoms with Crippen LogP contribution in [0.15, 0.2) is 71.6 Å². The fraction of sp³-hybridized carbons (Fsp3) is 0.324. The molecule has 3 N–H and O–H groups in total. The van der Waals surface area contributed by atoms with Crippen molar-refractivity contribution >= 4 is 45.6 Å². The second-order valence-electron chi connectivity index (χ2n) is 11.0. The number of hydrogen-bond donors (Lipinski definition) is 3. The van der Waals surface area contributed by atoms with E-state index in [-0.39, 0.29) is 22.9 Å². The average molecular weight is 684 g/mol. The van der Waals surface area contributed by atoms with E-state index in [4.69, 9.17) is 25.8 Å². The van der Waals surface area contributed by atoms with Crippen LogP contribution in [0.4, 0.5) is 4.79 Å². The highest BCUT2D eigenvalue weighted by atomic mass is 35.5. The zero-order chi connectivity index (χ0) is 34.0. The minimum Gasteiger partial charge on any atom is -0.496 e. The first kappa shape index (κ1) is 35.3. The molecular formula is C34H38ClN3O8S. The number of rotatable bonds is 12. The Morgan fingerprint density at radius 2 is 1.62 bits per heavy atom. The third kappa shape index (κ3) is 10.2. The molecule has 4 rings (SSSR count). The van der Waals surface area contributed by atoms with Crippen LogP contribution in [0.5, 0.6) is 11.5 Å². The van der Waals surface area contributed by atoms with Gasteiger partial charge in [0.1, 0.15) is 17.6 Å². The first-order valence-electron chi connectivity index (χ1n) is 15.0. The Morgan fingerprint density at radius 1 is 0.915 bits per heavy atom. The lowest BCUT2D eigenvalue weighted by atomic mass is 9.93. The Balaban J connectivity index is 1.18. The summed E-state index contributed by atoms with van der Waals surface area (Å²) in [6.45, 7) is 2.23. The predicted molar refractivity (Wildman–Crippen MR) is 178 cm³/mol. The molecule has 0 aliphatic heterocycles. The number of amides is 3. The number of ether oxygens (including phenoxy) is 3. The minimum atomic E-state index is -4.11. The second kappa shape index (κ2) is 16.3. The van der Waals surface area contributed by atoms with Gasteiger partial charge in [-0.2, -0.15) is 0 Å². The van der Waals surface area contributed by atoms with E-state index in [2.05, 4.69) is 15.4 Å². The maximum absolute atomic E-state index is 12.8. The molecule has 1 aliphatic rings. The summed E-state index contributed by atoms with van der Waals surface area (Å²) in [6, 6.07) is 15.3. The van der Waals surface area contributed by atoms with Crippen LogP contribution in [0, 0.1) is 6.92 Å². The Hall–Kier alpha value is -4.55. The monoisotopic (exact) mass is 683 g/mol. The summed E-state index contributed by atoms with van der Waals surface area (Å²) >= 11 is 6.00. The first-order chi connectivity index (χ1) is 22.5. The van der Waals surface area contributed by atoms with Crippen molar-refractivity contribution in [1.29, 1.82) is 0 Å². The normalized spacial score (nSPS) is 16.3. The summed E-state index contributed by atoms with van der Waals surface area (Å²) in [5.41, 5.74) is 2.90. The van der Waals surface area contributed by atoms with Crippen LogP contribution in [0.2, 0.25) is 5.02 Å². The number of benzene rings is 3. The van der Waals surface area contributed by atoms with E-state index in [1.807, 2.05) is 25.1 Å². The van der Waals surface area contributed by atoms with Crippen LogP contribution >= 0.6 is 11.6 Å². The van der Waals surface area contributed by atoms with Crippen LogP contribution in [0.25, 0.3) is 6.08 Å². The molecule has 0 saturated heterocycles. The lowest BCUT2D eigenvalue weighted by Crippen LogP contribution is -2.46. The van der Waals surface area contributed by atoms with Crippen molar-refractivity contribution in [3.8, 4) is 11.5 Å². The molecule has 0 atom stereocenters. The first-order valence-corrected chi connectivity index (χ1v) is 16.9. The quantitative estimate of drug-likeness (QED) is 0.174. The van der Waals surface area contributed by atoms with Crippen LogP contribution in [0.3, 0.4) is 0 Å². The van der Waals surface area contributed by atoms with Crippen LogP contribution < -0.4 is 24.8 Å². The van der Waals surface area contributed by atoms with Gasteiger partial charge < -0.3 is 24.8 Å². The van der Waals surface area contributed by atoms with Gasteiger partial charge in [-0.3, -0.25) is 4.79 Å². The number of methoxy groups -OCH3 is 2. The minimum absolute atomic E-state index is 0.0724. The van der Waals surface area contributed by atoms with Crippen molar-refractivity contribution in [3.05, 3.63) is 94.0 Å². The van der Waals surface area contributed by atoms with Crippen LogP contribution in [-0.4, -0.2) is 59.2 Å². The van der Waals surface area contributed by atoms with E-state index in [0.717, 1.165) is 22.4 Å². The average Bonchev–Trinajstić information content (AvgIpc) is 3.05. The largest absolute Gasteiger partial charge is 0.496 e. The number of carbonyl (C=O) groups is 3. The van der Waals surface area contributed by atoms with Gasteiger partial charge in [0.25, 0.3) is 15.9 Å². The molecule has 0 bridgehead atoms. The highest BCUT2D eigenvalue weighted by molar-refractivity contribution is 7.90. The van der Waals surface area contributed by atoms with E-state index in [1.54, 1.807) is 37.5 Å². The van der Waals surface area contributed by atoms with E-state index >= 15 is 0 Å². The van der Waals surface area contributed by atoms with Gasteiger partial charge in [0.15, 0.2) is 0 Å². The van der Waals surface area contributed by atoms with Gasteiger partial charge in [-0.25, -0.2) is 22.7 Å². The number of halogens is 1. The number of nitrogens with one attached hydrogen (secondary N) is 3. The summed E-state index contributed by atoms with van der Waals surface area (Å²) in [4.78, 5) is 37.3. The van der Waals surface area contributed by atoms with Crippen molar-refractivity contribution in [2.45, 2.75) is 56.1 Å². The van der Waals surface area contributed by atoms with Crippen molar-refractivity contribution in [2.24, 2.45) is 0 Å². The molecule has 3 aromatic carbocycles. The van der Waals surface area contributed by atoms with E-state index < -0.39 is 22.0 Å². The number of aryl methyl sites for hydroxylation is 1. The summed E-state index contributed by atoms with van der Waals surface area (Å²) in [6.07, 6.45) is 5.30. The third-order valence-corrected chi connectivity index (χ3v) is 9.28. The summed E-state index contributed by atoms with van der Waals surface area (Å²) < 4.78 is 43.8. The topological polar surface area (TPSA) is 149 Å². The molecule has 47 heavy (non-hydrogen) atoms. The van der Waals surface area contributed by atoms with Crippen LogP contribution in [0.1, 0.15) is 52.7 Å². The van der Waals surface area contributed by atoms with Gasteiger partial charge in [-0.15, -0.1) is 0 Å². The number of sulfonamides is 1. The summed E-state index contributed by atoms with van der Waals surface area (Å²) in [5, 5.41) is 5.91. The zero-order valence-electron chi connectivity index (χ0n) is 26.4. The molecule has 250 valence electrons. The SMILES string of the molecule is COc1cc(/C=C/C(=O)O[C@H]2CC[C@H](NC(=O)NS(=O)(=O)c3ccc(CCNC(=O)c4cc(Cl)ccc4OC)cc3)CC2)ccc1C. The molecular weight excluding hydrogens is 646 g/mol. The van der Waals surface area contributed by atoms with Crippen molar-refractivity contribution in [1.82, 2.24) is 15.4 Å². The molecule has 1 saturated carbocycles.